The van der Waals surface area contributed by atoms with Crippen molar-refractivity contribution in [2.45, 2.75) is 32.7 Å². The molecule has 0 spiro atoms. The van der Waals surface area contributed by atoms with E-state index >= 15 is 0 Å². The van der Waals surface area contributed by atoms with Crippen LogP contribution in [0.15, 0.2) is 24.3 Å². The van der Waals surface area contributed by atoms with Gasteiger partial charge in [-0.15, -0.1) is 0 Å². The Labute approximate surface area is 131 Å². The predicted molar refractivity (Wildman–Crippen MR) is 86.5 cm³/mol. The van der Waals surface area contributed by atoms with Crippen LogP contribution in [0.4, 0.5) is 0 Å². The molecule has 1 unspecified atom stereocenters. The van der Waals surface area contributed by atoms with Crippen molar-refractivity contribution in [2.75, 3.05) is 19.6 Å². The molecule has 5 nitrogen and oxygen atoms in total. The molecule has 3 N–H and O–H groups in total. The number of amides is 2. The number of piperidine rings is 1. The van der Waals surface area contributed by atoms with Crippen LogP contribution in [-0.4, -0.2) is 31.4 Å². The summed E-state index contributed by atoms with van der Waals surface area (Å²) in [4.78, 5) is 22.9. The number of hydrogen-bond acceptors (Lipinski definition) is 3. The maximum absolute atomic E-state index is 12.1. The molecule has 2 amide bonds. The Kier molecular flexibility index (Phi) is 6.40. The maximum Gasteiger partial charge on any atom is 0.251 e. The van der Waals surface area contributed by atoms with E-state index in [0.29, 0.717) is 18.0 Å². The van der Waals surface area contributed by atoms with Crippen LogP contribution in [0.3, 0.4) is 0 Å². The smallest absolute Gasteiger partial charge is 0.251 e. The summed E-state index contributed by atoms with van der Waals surface area (Å²) >= 11 is 0. The van der Waals surface area contributed by atoms with Crippen LogP contribution in [0.1, 0.15) is 42.1 Å². The van der Waals surface area contributed by atoms with Crippen LogP contribution in [0.25, 0.3) is 0 Å². The SMILES string of the molecule is CC(=O)NCc1ccc(C(=O)NCCC2CCCNC2)cc1. The van der Waals surface area contributed by atoms with Crippen molar-refractivity contribution in [1.29, 1.82) is 0 Å². The number of carbonyl (C=O) groups is 2. The molecule has 5 heteroatoms. The first-order valence-electron chi connectivity index (χ1n) is 7.97. The van der Waals surface area contributed by atoms with Gasteiger partial charge in [0.15, 0.2) is 0 Å². The normalized spacial score (nSPS) is 17.8. The summed E-state index contributed by atoms with van der Waals surface area (Å²) in [5, 5.41) is 9.10. The summed E-state index contributed by atoms with van der Waals surface area (Å²) in [7, 11) is 0. The molecule has 0 bridgehead atoms. The van der Waals surface area contributed by atoms with Gasteiger partial charge in [-0.2, -0.15) is 0 Å². The molecule has 1 atom stereocenters. The summed E-state index contributed by atoms with van der Waals surface area (Å²) in [6, 6.07) is 7.34. The second kappa shape index (κ2) is 8.54. The molecule has 0 aliphatic carbocycles. The summed E-state index contributed by atoms with van der Waals surface area (Å²) in [6.07, 6.45) is 3.51. The number of benzene rings is 1. The van der Waals surface area contributed by atoms with Gasteiger partial charge in [-0.25, -0.2) is 0 Å². The highest BCUT2D eigenvalue weighted by molar-refractivity contribution is 5.94. The lowest BCUT2D eigenvalue weighted by atomic mass is 9.96. The van der Waals surface area contributed by atoms with Gasteiger partial charge in [-0.1, -0.05) is 12.1 Å². The van der Waals surface area contributed by atoms with Gasteiger partial charge in [0.25, 0.3) is 5.91 Å². The molecule has 0 aromatic heterocycles. The van der Waals surface area contributed by atoms with Gasteiger partial charge in [-0.3, -0.25) is 9.59 Å². The van der Waals surface area contributed by atoms with Crippen molar-refractivity contribution < 1.29 is 9.59 Å². The Balaban J connectivity index is 1.73. The third-order valence-corrected chi connectivity index (χ3v) is 3.99. The number of hydrogen-bond donors (Lipinski definition) is 3. The molecule has 1 aliphatic rings. The summed E-state index contributed by atoms with van der Waals surface area (Å²) < 4.78 is 0. The van der Waals surface area contributed by atoms with E-state index < -0.39 is 0 Å². The zero-order valence-electron chi connectivity index (χ0n) is 13.2. The highest BCUT2D eigenvalue weighted by atomic mass is 16.2. The lowest BCUT2D eigenvalue weighted by Crippen LogP contribution is -2.33. The van der Waals surface area contributed by atoms with Crippen molar-refractivity contribution in [3.63, 3.8) is 0 Å². The lowest BCUT2D eigenvalue weighted by molar-refractivity contribution is -0.119. The molecule has 1 heterocycles. The second-order valence-corrected chi connectivity index (χ2v) is 5.86. The van der Waals surface area contributed by atoms with Gasteiger partial charge in [-0.05, 0) is 56.0 Å². The molecule has 1 aliphatic heterocycles. The fraction of sp³-hybridized carbons (Fsp3) is 0.529. The van der Waals surface area contributed by atoms with E-state index in [0.717, 1.165) is 31.6 Å². The van der Waals surface area contributed by atoms with Crippen LogP contribution < -0.4 is 16.0 Å². The topological polar surface area (TPSA) is 70.2 Å². The van der Waals surface area contributed by atoms with Gasteiger partial charge in [0.2, 0.25) is 5.91 Å². The van der Waals surface area contributed by atoms with Crippen molar-refractivity contribution in [2.24, 2.45) is 5.92 Å². The standard InChI is InChI=1S/C17H25N3O2/c1-13(21)20-12-15-4-6-16(7-5-15)17(22)19-10-8-14-3-2-9-18-11-14/h4-7,14,18H,2-3,8-12H2,1H3,(H,19,22)(H,20,21). The third-order valence-electron chi connectivity index (χ3n) is 3.99. The first-order chi connectivity index (χ1) is 10.6. The van der Waals surface area contributed by atoms with Crippen molar-refractivity contribution in [3.05, 3.63) is 35.4 Å². The summed E-state index contributed by atoms with van der Waals surface area (Å²) in [5.74, 6) is 0.586. The highest BCUT2D eigenvalue weighted by Crippen LogP contribution is 2.13. The van der Waals surface area contributed by atoms with Crippen molar-refractivity contribution in [1.82, 2.24) is 16.0 Å². The van der Waals surface area contributed by atoms with Crippen LogP contribution in [0, 0.1) is 5.92 Å². The van der Waals surface area contributed by atoms with E-state index in [2.05, 4.69) is 16.0 Å². The molecule has 0 radical (unpaired) electrons. The average molecular weight is 303 g/mol. The Bertz CT molecular complexity index is 493. The van der Waals surface area contributed by atoms with Crippen LogP contribution in [0.2, 0.25) is 0 Å². The molecule has 0 saturated carbocycles. The second-order valence-electron chi connectivity index (χ2n) is 5.86. The minimum absolute atomic E-state index is 0.0326. The third kappa shape index (κ3) is 5.48. The zero-order chi connectivity index (χ0) is 15.8. The van der Waals surface area contributed by atoms with Crippen molar-refractivity contribution in [3.8, 4) is 0 Å². The molecular weight excluding hydrogens is 278 g/mol. The molecule has 1 saturated heterocycles. The molecule has 1 fully saturated rings. The van der Waals surface area contributed by atoms with Crippen LogP contribution in [0.5, 0.6) is 0 Å². The number of rotatable bonds is 6. The fourth-order valence-electron chi connectivity index (χ4n) is 2.66. The molecule has 1 aromatic rings. The number of carbonyl (C=O) groups excluding carboxylic acids is 2. The molecule has 22 heavy (non-hydrogen) atoms. The first kappa shape index (κ1) is 16.5. The zero-order valence-corrected chi connectivity index (χ0v) is 13.2. The summed E-state index contributed by atoms with van der Waals surface area (Å²) in [6.45, 7) is 4.88. The van der Waals surface area contributed by atoms with Crippen molar-refractivity contribution >= 4 is 11.8 Å². The minimum Gasteiger partial charge on any atom is -0.352 e. The predicted octanol–water partition coefficient (Wildman–Crippen LogP) is 1.44. The Morgan fingerprint density at radius 2 is 2.00 bits per heavy atom. The highest BCUT2D eigenvalue weighted by Gasteiger charge is 2.13. The summed E-state index contributed by atoms with van der Waals surface area (Å²) in [5.41, 5.74) is 1.65. The lowest BCUT2D eigenvalue weighted by Gasteiger charge is -2.22. The van der Waals surface area contributed by atoms with E-state index in [1.807, 2.05) is 12.1 Å². The van der Waals surface area contributed by atoms with Gasteiger partial charge in [0.05, 0.1) is 0 Å². The average Bonchev–Trinajstić information content (AvgIpc) is 2.54. The monoisotopic (exact) mass is 303 g/mol. The van der Waals surface area contributed by atoms with Gasteiger partial charge in [0.1, 0.15) is 0 Å². The van der Waals surface area contributed by atoms with Gasteiger partial charge >= 0.3 is 0 Å². The minimum atomic E-state index is -0.0565. The van der Waals surface area contributed by atoms with E-state index in [4.69, 9.17) is 0 Å². The molecule has 120 valence electrons. The van der Waals surface area contributed by atoms with E-state index in [-0.39, 0.29) is 11.8 Å². The Hall–Kier alpha value is -1.88. The van der Waals surface area contributed by atoms with Crippen LogP contribution in [-0.2, 0) is 11.3 Å². The van der Waals surface area contributed by atoms with E-state index in [1.54, 1.807) is 12.1 Å². The Morgan fingerprint density at radius 1 is 1.23 bits per heavy atom. The van der Waals surface area contributed by atoms with Gasteiger partial charge in [0, 0.05) is 25.6 Å². The first-order valence-corrected chi connectivity index (χ1v) is 7.97. The molecular formula is C17H25N3O2. The van der Waals surface area contributed by atoms with E-state index in [1.165, 1.54) is 19.8 Å². The quantitative estimate of drug-likeness (QED) is 0.745. The molecule has 2 rings (SSSR count). The maximum atomic E-state index is 12.1. The molecule has 1 aromatic carbocycles. The van der Waals surface area contributed by atoms with Gasteiger partial charge < -0.3 is 16.0 Å². The Morgan fingerprint density at radius 3 is 2.64 bits per heavy atom. The number of nitrogens with one attached hydrogen (secondary N) is 3. The fourth-order valence-corrected chi connectivity index (χ4v) is 2.66. The van der Waals surface area contributed by atoms with E-state index in [9.17, 15) is 9.59 Å². The van der Waals surface area contributed by atoms with Crippen LogP contribution >= 0.6 is 0 Å². The largest absolute Gasteiger partial charge is 0.352 e.